The summed E-state index contributed by atoms with van der Waals surface area (Å²) in [5, 5.41) is 0. The first-order valence-corrected chi connectivity index (χ1v) is 11.8. The fraction of sp³-hybridized carbons (Fsp3) is 0.370. The van der Waals surface area contributed by atoms with E-state index in [1.165, 1.54) is 12.1 Å². The molecule has 1 N–H and O–H groups in total. The van der Waals surface area contributed by atoms with Gasteiger partial charge in [0.25, 0.3) is 5.56 Å². The molecule has 2 aliphatic rings. The van der Waals surface area contributed by atoms with E-state index in [1.54, 1.807) is 11.8 Å². The number of fused-ring (bicyclic) bond motifs is 1. The van der Waals surface area contributed by atoms with Gasteiger partial charge in [0.1, 0.15) is 5.82 Å². The van der Waals surface area contributed by atoms with Gasteiger partial charge in [-0.15, -0.1) is 0 Å². The first kappa shape index (κ1) is 23.3. The van der Waals surface area contributed by atoms with Crippen molar-refractivity contribution in [3.05, 3.63) is 98.7 Å². The Kier molecular flexibility index (Phi) is 5.77. The summed E-state index contributed by atoms with van der Waals surface area (Å²) < 4.78 is 39.4. The minimum Gasteiger partial charge on any atom is -0.338 e. The fourth-order valence-corrected chi connectivity index (χ4v) is 4.98. The second kappa shape index (κ2) is 8.66. The molecule has 5 nitrogen and oxygen atoms in total. The number of H-pyrrole nitrogens is 1. The molecule has 3 aromatic rings. The van der Waals surface area contributed by atoms with Gasteiger partial charge in [-0.25, -0.2) is 4.98 Å². The second-order valence-electron chi connectivity index (χ2n) is 9.50. The molecule has 0 saturated heterocycles. The predicted molar refractivity (Wildman–Crippen MR) is 125 cm³/mol. The summed E-state index contributed by atoms with van der Waals surface area (Å²) in [4.78, 5) is 35.8. The number of benzene rings is 2. The maximum Gasteiger partial charge on any atom is 0.416 e. The Morgan fingerprint density at radius 1 is 1.11 bits per heavy atom. The van der Waals surface area contributed by atoms with Crippen LogP contribution in [0.3, 0.4) is 0 Å². The summed E-state index contributed by atoms with van der Waals surface area (Å²) in [6.45, 7) is 2.11. The van der Waals surface area contributed by atoms with Crippen molar-refractivity contribution in [3.8, 4) is 0 Å². The Hall–Kier alpha value is -3.42. The quantitative estimate of drug-likeness (QED) is 0.574. The summed E-state index contributed by atoms with van der Waals surface area (Å²) in [6.07, 6.45) is -1.45. The lowest BCUT2D eigenvalue weighted by molar-refractivity contribution is -0.138. The molecular weight excluding hydrogens is 455 g/mol. The van der Waals surface area contributed by atoms with Crippen molar-refractivity contribution < 1.29 is 18.0 Å². The average molecular weight is 482 g/mol. The number of hydrogen-bond donors (Lipinski definition) is 1. The van der Waals surface area contributed by atoms with Gasteiger partial charge in [0.15, 0.2) is 0 Å². The highest BCUT2D eigenvalue weighted by atomic mass is 19.4. The lowest BCUT2D eigenvalue weighted by Gasteiger charge is -2.25. The maximum atomic E-state index is 13.3. The van der Waals surface area contributed by atoms with Gasteiger partial charge in [-0.1, -0.05) is 48.5 Å². The van der Waals surface area contributed by atoms with Gasteiger partial charge >= 0.3 is 6.18 Å². The van der Waals surface area contributed by atoms with Crippen LogP contribution in [0.5, 0.6) is 0 Å². The number of alkyl halides is 3. The number of halogens is 3. The van der Waals surface area contributed by atoms with Crippen molar-refractivity contribution in [2.75, 3.05) is 6.54 Å². The molecule has 1 unspecified atom stereocenters. The predicted octanol–water partition coefficient (Wildman–Crippen LogP) is 4.95. The van der Waals surface area contributed by atoms with Gasteiger partial charge < -0.3 is 9.88 Å². The monoisotopic (exact) mass is 481 g/mol. The van der Waals surface area contributed by atoms with Crippen LogP contribution in [0.1, 0.15) is 65.9 Å². The van der Waals surface area contributed by atoms with Crippen LogP contribution in [-0.4, -0.2) is 27.3 Å². The molecule has 8 heteroatoms. The van der Waals surface area contributed by atoms with Crippen LogP contribution in [0.2, 0.25) is 0 Å². The number of amides is 1. The summed E-state index contributed by atoms with van der Waals surface area (Å²) in [7, 11) is 0. The molecule has 1 aliphatic carbocycles. The van der Waals surface area contributed by atoms with E-state index in [0.717, 1.165) is 30.5 Å². The van der Waals surface area contributed by atoms with Gasteiger partial charge in [0.2, 0.25) is 5.91 Å². The summed E-state index contributed by atoms with van der Waals surface area (Å²) in [5.74, 6) is -0.397. The van der Waals surface area contributed by atoms with Gasteiger partial charge in [-0.05, 0) is 49.8 Å². The van der Waals surface area contributed by atoms with E-state index in [4.69, 9.17) is 4.98 Å². The molecule has 1 aromatic heterocycles. The number of aryl methyl sites for hydroxylation is 1. The van der Waals surface area contributed by atoms with Gasteiger partial charge in [-0.3, -0.25) is 9.59 Å². The molecular formula is C27H26F3N3O2. The van der Waals surface area contributed by atoms with Crippen LogP contribution < -0.4 is 5.56 Å². The van der Waals surface area contributed by atoms with Gasteiger partial charge in [-0.2, -0.15) is 13.2 Å². The van der Waals surface area contributed by atoms with E-state index >= 15 is 0 Å². The Morgan fingerprint density at radius 3 is 2.54 bits per heavy atom. The molecule has 1 amide bonds. The molecule has 0 spiro atoms. The number of carbonyl (C=O) groups is 1. The minimum atomic E-state index is -4.48. The fourth-order valence-electron chi connectivity index (χ4n) is 4.98. The Morgan fingerprint density at radius 2 is 1.86 bits per heavy atom. The average Bonchev–Trinajstić information content (AvgIpc) is 3.68. The molecule has 182 valence electrons. The summed E-state index contributed by atoms with van der Waals surface area (Å²) in [5.41, 5.74) is 1.29. The van der Waals surface area contributed by atoms with Crippen LogP contribution in [0.4, 0.5) is 13.2 Å². The zero-order chi connectivity index (χ0) is 24.8. The first-order valence-electron chi connectivity index (χ1n) is 11.8. The van der Waals surface area contributed by atoms with Crippen LogP contribution in [0.25, 0.3) is 0 Å². The number of aromatic amines is 1. The van der Waals surface area contributed by atoms with Crippen molar-refractivity contribution in [1.82, 2.24) is 14.9 Å². The van der Waals surface area contributed by atoms with E-state index in [1.807, 2.05) is 30.3 Å². The van der Waals surface area contributed by atoms with Gasteiger partial charge in [0, 0.05) is 6.54 Å². The third kappa shape index (κ3) is 4.37. The van der Waals surface area contributed by atoms with E-state index < -0.39 is 17.7 Å². The Bertz CT molecular complexity index is 1310. The van der Waals surface area contributed by atoms with Crippen molar-refractivity contribution in [2.24, 2.45) is 0 Å². The zero-order valence-electron chi connectivity index (χ0n) is 19.4. The highest BCUT2D eigenvalue weighted by molar-refractivity contribution is 5.83. The number of nitrogens with zero attached hydrogens (tertiary/aromatic N) is 2. The van der Waals surface area contributed by atoms with Crippen LogP contribution in [0.15, 0.2) is 59.4 Å². The van der Waals surface area contributed by atoms with Crippen LogP contribution >= 0.6 is 0 Å². The number of aromatic nitrogens is 2. The molecule has 1 aliphatic heterocycles. The van der Waals surface area contributed by atoms with E-state index in [2.05, 4.69) is 4.98 Å². The number of hydrogen-bond acceptors (Lipinski definition) is 3. The van der Waals surface area contributed by atoms with Crippen molar-refractivity contribution in [3.63, 3.8) is 0 Å². The molecule has 0 radical (unpaired) electrons. The third-order valence-corrected chi connectivity index (χ3v) is 7.22. The Balaban J connectivity index is 1.41. The SMILES string of the molecule is CC(C(=O)N1CCCc2nc(C3(c4ccccc4)CC3)[nH]c(=O)c2C1)c1cccc(C(F)(F)F)c1. The largest absolute Gasteiger partial charge is 0.416 e. The number of nitrogens with one attached hydrogen (secondary N) is 1. The number of carbonyl (C=O) groups excluding carboxylic acids is 1. The second-order valence-corrected chi connectivity index (χ2v) is 9.50. The highest BCUT2D eigenvalue weighted by Gasteiger charge is 2.48. The normalized spacial score (nSPS) is 17.9. The van der Waals surface area contributed by atoms with Crippen LogP contribution in [-0.2, 0) is 29.4 Å². The molecule has 0 bridgehead atoms. The molecule has 1 saturated carbocycles. The zero-order valence-corrected chi connectivity index (χ0v) is 19.4. The van der Waals surface area contributed by atoms with E-state index in [-0.39, 0.29) is 23.4 Å². The maximum absolute atomic E-state index is 13.3. The summed E-state index contributed by atoms with van der Waals surface area (Å²) in [6, 6.07) is 14.9. The molecule has 1 fully saturated rings. The number of rotatable bonds is 4. The van der Waals surface area contributed by atoms with E-state index in [0.29, 0.717) is 42.0 Å². The highest BCUT2D eigenvalue weighted by Crippen LogP contribution is 2.51. The molecule has 1 atom stereocenters. The smallest absolute Gasteiger partial charge is 0.338 e. The summed E-state index contributed by atoms with van der Waals surface area (Å²) >= 11 is 0. The Labute approximate surface area is 201 Å². The minimum absolute atomic E-state index is 0.0957. The standard InChI is InChI=1S/C27H26F3N3O2/c1-17(18-7-5-10-20(15-18)27(28,29)30)24(35)33-14-6-11-22-21(16-33)23(34)32-25(31-22)26(12-13-26)19-8-3-2-4-9-19/h2-5,7-10,15,17H,6,11-14,16H2,1H3,(H,31,32,34). The molecule has 5 rings (SSSR count). The van der Waals surface area contributed by atoms with Crippen molar-refractivity contribution in [2.45, 2.75) is 56.7 Å². The lowest BCUT2D eigenvalue weighted by Crippen LogP contribution is -2.36. The van der Waals surface area contributed by atoms with Crippen molar-refractivity contribution in [1.29, 1.82) is 0 Å². The van der Waals surface area contributed by atoms with Gasteiger partial charge in [0.05, 0.1) is 34.7 Å². The third-order valence-electron chi connectivity index (χ3n) is 7.22. The molecule has 35 heavy (non-hydrogen) atoms. The molecule has 2 heterocycles. The van der Waals surface area contributed by atoms with Crippen molar-refractivity contribution >= 4 is 5.91 Å². The first-order chi connectivity index (χ1) is 16.7. The lowest BCUT2D eigenvalue weighted by atomic mass is 9.94. The van der Waals surface area contributed by atoms with E-state index in [9.17, 15) is 22.8 Å². The van der Waals surface area contributed by atoms with Crippen LogP contribution in [0, 0.1) is 0 Å². The molecule has 2 aromatic carbocycles. The topological polar surface area (TPSA) is 66.1 Å².